The molecule has 0 spiro atoms. The molecule has 0 saturated heterocycles. The molecule has 1 atom stereocenters. The van der Waals surface area contributed by atoms with Gasteiger partial charge in [-0.05, 0) is 12.1 Å². The number of rotatable bonds is 1. The van der Waals surface area contributed by atoms with Gasteiger partial charge in [-0.15, -0.1) is 5.14 Å². The van der Waals surface area contributed by atoms with Crippen LogP contribution in [-0.2, 0) is 11.5 Å². The molecule has 0 saturated carbocycles. The summed E-state index contributed by atoms with van der Waals surface area (Å²) in [5, 5.41) is 5.01. The van der Waals surface area contributed by atoms with E-state index in [2.05, 4.69) is 0 Å². The predicted molar refractivity (Wildman–Crippen MR) is 49.3 cm³/mol. The van der Waals surface area contributed by atoms with E-state index < -0.39 is 23.4 Å². The lowest BCUT2D eigenvalue weighted by Gasteiger charge is -2.10. The molecule has 6 heteroatoms. The van der Waals surface area contributed by atoms with Gasteiger partial charge in [0.15, 0.2) is 11.5 Å². The van der Waals surface area contributed by atoms with Crippen LogP contribution in [0, 0.1) is 0 Å². The first-order valence-electron chi connectivity index (χ1n) is 3.77. The molecule has 2 rings (SSSR count). The standard InChI is InChI=1S/C8H6N2O3S/c9-14(13)10-7(11)5-3-1-2-4-6(5)8(10)12/h1-4H,9H2. The largest absolute Gasteiger partial charge is 0.573 e. The zero-order valence-electron chi connectivity index (χ0n) is 6.97. The molecule has 0 fully saturated rings. The second-order valence-electron chi connectivity index (χ2n) is 2.73. The highest BCUT2D eigenvalue weighted by Crippen LogP contribution is 2.23. The zero-order chi connectivity index (χ0) is 10.3. The third-order valence-electron chi connectivity index (χ3n) is 1.94. The summed E-state index contributed by atoms with van der Waals surface area (Å²) in [4.78, 5) is 23.0. The number of amides is 2. The van der Waals surface area contributed by atoms with Gasteiger partial charge in [-0.25, -0.2) is 0 Å². The fourth-order valence-electron chi connectivity index (χ4n) is 1.33. The second-order valence-corrected chi connectivity index (χ2v) is 3.64. The summed E-state index contributed by atoms with van der Waals surface area (Å²) in [5.74, 6) is -1.21. The van der Waals surface area contributed by atoms with Gasteiger partial charge in [0.1, 0.15) is 0 Å². The molecule has 14 heavy (non-hydrogen) atoms. The topological polar surface area (TPSA) is 86.5 Å². The molecule has 0 aromatic heterocycles. The maximum absolute atomic E-state index is 11.5. The molecule has 1 aliphatic heterocycles. The Hall–Kier alpha value is -1.37. The Morgan fingerprint density at radius 1 is 1.14 bits per heavy atom. The van der Waals surface area contributed by atoms with Gasteiger partial charge in [0.05, 0.1) is 11.1 Å². The summed E-state index contributed by atoms with van der Waals surface area (Å²) < 4.78 is 11.5. The van der Waals surface area contributed by atoms with Gasteiger partial charge in [-0.1, -0.05) is 16.4 Å². The fraction of sp³-hybridized carbons (Fsp3) is 0. The average molecular weight is 210 g/mol. The maximum atomic E-state index is 11.5. The Morgan fingerprint density at radius 3 is 1.93 bits per heavy atom. The Balaban J connectivity index is 2.54. The van der Waals surface area contributed by atoms with Crippen molar-refractivity contribution in [1.29, 1.82) is 0 Å². The number of carbonyl (C=O) groups excluding carboxylic acids is 2. The minimum Gasteiger partial charge on any atom is -0.573 e. The van der Waals surface area contributed by atoms with Crippen molar-refractivity contribution >= 4 is 23.4 Å². The van der Waals surface area contributed by atoms with Crippen LogP contribution in [0.15, 0.2) is 24.3 Å². The highest BCUT2D eigenvalue weighted by Gasteiger charge is 2.42. The van der Waals surface area contributed by atoms with Crippen LogP contribution in [-0.4, -0.2) is 20.7 Å². The van der Waals surface area contributed by atoms with Crippen molar-refractivity contribution in [3.05, 3.63) is 35.4 Å². The molecule has 1 aromatic carbocycles. The molecular weight excluding hydrogens is 204 g/mol. The van der Waals surface area contributed by atoms with E-state index in [0.29, 0.717) is 4.31 Å². The summed E-state index contributed by atoms with van der Waals surface area (Å²) in [6, 6.07) is 6.27. The Bertz CT molecular complexity index is 384. The molecule has 1 aromatic rings. The van der Waals surface area contributed by atoms with Crippen LogP contribution in [0.25, 0.3) is 0 Å². The third kappa shape index (κ3) is 1.12. The van der Waals surface area contributed by atoms with E-state index in [1.54, 1.807) is 12.1 Å². The summed E-state index contributed by atoms with van der Waals surface area (Å²) in [7, 11) is 0. The summed E-state index contributed by atoms with van der Waals surface area (Å²) in [6.45, 7) is 0. The van der Waals surface area contributed by atoms with E-state index in [-0.39, 0.29) is 11.1 Å². The Labute approximate surface area is 82.9 Å². The number of hydrogen-bond acceptors (Lipinski definition) is 4. The van der Waals surface area contributed by atoms with Gasteiger partial charge in [0.25, 0.3) is 0 Å². The van der Waals surface area contributed by atoms with Gasteiger partial charge in [0.2, 0.25) is 0 Å². The van der Waals surface area contributed by atoms with Crippen molar-refractivity contribution in [2.24, 2.45) is 5.14 Å². The van der Waals surface area contributed by atoms with Gasteiger partial charge in [-0.3, -0.25) is 9.59 Å². The quantitative estimate of drug-likeness (QED) is 0.514. The van der Waals surface area contributed by atoms with E-state index in [4.69, 9.17) is 5.14 Å². The Morgan fingerprint density at radius 2 is 1.57 bits per heavy atom. The van der Waals surface area contributed by atoms with E-state index in [1.807, 2.05) is 0 Å². The Kier molecular flexibility index (Phi) is 2.03. The lowest BCUT2D eigenvalue weighted by atomic mass is 10.1. The van der Waals surface area contributed by atoms with E-state index >= 15 is 0 Å². The van der Waals surface area contributed by atoms with Crippen molar-refractivity contribution in [3.8, 4) is 0 Å². The summed E-state index contributed by atoms with van der Waals surface area (Å²) in [6.07, 6.45) is 0. The molecule has 0 aliphatic carbocycles. The van der Waals surface area contributed by atoms with Crippen LogP contribution in [0.1, 0.15) is 20.7 Å². The van der Waals surface area contributed by atoms with Crippen LogP contribution < -0.4 is 5.14 Å². The first kappa shape index (κ1) is 9.20. The number of hydrogen-bond donors (Lipinski definition) is 1. The minimum absolute atomic E-state index is 0.247. The minimum atomic E-state index is -2.09. The third-order valence-corrected chi connectivity index (χ3v) is 2.63. The molecule has 1 aliphatic rings. The zero-order valence-corrected chi connectivity index (χ0v) is 7.78. The molecule has 1 unspecified atom stereocenters. The monoisotopic (exact) mass is 210 g/mol. The van der Waals surface area contributed by atoms with Crippen LogP contribution in [0.5, 0.6) is 0 Å². The molecule has 72 valence electrons. The normalized spacial score (nSPS) is 17.1. The molecule has 0 radical (unpaired) electrons. The van der Waals surface area contributed by atoms with Crippen LogP contribution in [0.3, 0.4) is 0 Å². The molecule has 2 amide bonds. The molecular formula is C8H6N2O3S. The van der Waals surface area contributed by atoms with Crippen molar-refractivity contribution in [3.63, 3.8) is 0 Å². The molecule has 2 N–H and O–H groups in total. The molecule has 5 nitrogen and oxygen atoms in total. The smallest absolute Gasteiger partial charge is 0.306 e. The van der Waals surface area contributed by atoms with Crippen molar-refractivity contribution < 1.29 is 14.1 Å². The summed E-state index contributed by atoms with van der Waals surface area (Å²) in [5.41, 5.74) is 0.493. The van der Waals surface area contributed by atoms with Crippen molar-refractivity contribution in [2.45, 2.75) is 0 Å². The number of nitrogens with two attached hydrogens (primary N) is 1. The SMILES string of the molecule is N[S+]([O-])N1C(=O)c2ccccc2C1=O. The molecule has 1 heterocycles. The van der Waals surface area contributed by atoms with Gasteiger partial charge >= 0.3 is 11.8 Å². The summed E-state index contributed by atoms with van der Waals surface area (Å²) >= 11 is -2.09. The number of carbonyl (C=O) groups is 2. The van der Waals surface area contributed by atoms with Crippen LogP contribution >= 0.6 is 0 Å². The fourth-order valence-corrected chi connectivity index (χ4v) is 1.85. The first-order chi connectivity index (χ1) is 6.63. The predicted octanol–water partition coefficient (Wildman–Crippen LogP) is -0.180. The van der Waals surface area contributed by atoms with Gasteiger partial charge in [-0.2, -0.15) is 0 Å². The lowest BCUT2D eigenvalue weighted by Crippen LogP contribution is -2.40. The first-order valence-corrected chi connectivity index (χ1v) is 4.94. The highest BCUT2D eigenvalue weighted by atomic mass is 32.2. The van der Waals surface area contributed by atoms with Crippen molar-refractivity contribution in [1.82, 2.24) is 4.31 Å². The highest BCUT2D eigenvalue weighted by molar-refractivity contribution is 7.88. The van der Waals surface area contributed by atoms with E-state index in [9.17, 15) is 14.1 Å². The number of benzene rings is 1. The second kappa shape index (κ2) is 3.09. The number of fused-ring (bicyclic) bond motifs is 1. The van der Waals surface area contributed by atoms with Gasteiger partial charge < -0.3 is 4.55 Å². The number of nitrogens with zero attached hydrogens (tertiary/aromatic N) is 1. The maximum Gasteiger partial charge on any atom is 0.306 e. The van der Waals surface area contributed by atoms with E-state index in [1.165, 1.54) is 12.1 Å². The van der Waals surface area contributed by atoms with E-state index in [0.717, 1.165) is 0 Å². The van der Waals surface area contributed by atoms with Gasteiger partial charge in [0, 0.05) is 0 Å². The lowest BCUT2D eigenvalue weighted by molar-refractivity contribution is 0.0765. The van der Waals surface area contributed by atoms with Crippen LogP contribution in [0.4, 0.5) is 0 Å². The molecule has 0 bridgehead atoms. The average Bonchev–Trinajstić information content (AvgIpc) is 2.41. The number of imide groups is 1. The van der Waals surface area contributed by atoms with Crippen molar-refractivity contribution in [2.75, 3.05) is 0 Å². The van der Waals surface area contributed by atoms with Crippen LogP contribution in [0.2, 0.25) is 0 Å².